The van der Waals surface area contributed by atoms with E-state index in [0.29, 0.717) is 23.3 Å². The highest BCUT2D eigenvalue weighted by Crippen LogP contribution is 2.40. The Balaban J connectivity index is 1.59. The van der Waals surface area contributed by atoms with Gasteiger partial charge in [0, 0.05) is 23.7 Å². The molecule has 0 atom stereocenters. The van der Waals surface area contributed by atoms with Gasteiger partial charge in [-0.05, 0) is 18.2 Å². The first-order valence-electron chi connectivity index (χ1n) is 10.1. The third-order valence-corrected chi connectivity index (χ3v) is 5.73. The summed E-state index contributed by atoms with van der Waals surface area (Å²) in [5.41, 5.74) is 2.03. The number of nitrogens with one attached hydrogen (secondary N) is 1. The van der Waals surface area contributed by atoms with Gasteiger partial charge in [-0.1, -0.05) is 61.6 Å². The van der Waals surface area contributed by atoms with Crippen molar-refractivity contribution in [3.05, 3.63) is 77.6 Å². The molecule has 1 N–H and O–H groups in total. The highest BCUT2D eigenvalue weighted by molar-refractivity contribution is 7.14. The summed E-state index contributed by atoms with van der Waals surface area (Å²) >= 11 is 1.54. The second-order valence-corrected chi connectivity index (χ2v) is 8.21. The van der Waals surface area contributed by atoms with Gasteiger partial charge in [-0.3, -0.25) is 0 Å². The van der Waals surface area contributed by atoms with E-state index in [-0.39, 0.29) is 5.69 Å². The summed E-state index contributed by atoms with van der Waals surface area (Å²) in [5, 5.41) is 4.83. The minimum Gasteiger partial charge on any atom is -0.464 e. The lowest BCUT2D eigenvalue weighted by Gasteiger charge is -2.09. The highest BCUT2D eigenvalue weighted by atomic mass is 32.1. The number of methoxy groups -OCH3 is 1. The Morgan fingerprint density at radius 3 is 2.56 bits per heavy atom. The zero-order valence-electron chi connectivity index (χ0n) is 17.9. The first-order valence-corrected chi connectivity index (χ1v) is 10.9. The van der Waals surface area contributed by atoms with Gasteiger partial charge in [0.2, 0.25) is 5.06 Å². The van der Waals surface area contributed by atoms with Crippen molar-refractivity contribution in [1.82, 2.24) is 15.0 Å². The van der Waals surface area contributed by atoms with E-state index in [0.717, 1.165) is 21.3 Å². The molecule has 0 saturated heterocycles. The number of carbonyl (C=O) groups is 1. The molecule has 1 aromatic carbocycles. The molecule has 4 rings (SSSR count). The van der Waals surface area contributed by atoms with Crippen molar-refractivity contribution >= 4 is 28.9 Å². The van der Waals surface area contributed by atoms with Crippen molar-refractivity contribution in [2.24, 2.45) is 0 Å². The molecule has 3 aromatic heterocycles. The van der Waals surface area contributed by atoms with Gasteiger partial charge in [0.15, 0.2) is 5.69 Å². The standard InChI is InChI=1S/C24H22N4O3S/c1-15(2)22-28-21(16-8-5-4-6-9-16)24(32-22)31-17-12-13-25-20(14-17)27-19-11-7-10-18(26-19)23(29)30-3/h4-15H,1-3H3,(H,25,26,27). The number of anilines is 2. The SMILES string of the molecule is COC(=O)c1cccc(Nc2cc(Oc3sc(C(C)C)nc3-c3ccccc3)ccn2)n1. The second kappa shape index (κ2) is 9.57. The van der Waals surface area contributed by atoms with Crippen LogP contribution in [0.1, 0.15) is 35.3 Å². The fraction of sp³-hybridized carbons (Fsp3) is 0.167. The van der Waals surface area contributed by atoms with E-state index < -0.39 is 5.97 Å². The summed E-state index contributed by atoms with van der Waals surface area (Å²) in [6.07, 6.45) is 1.65. The number of benzene rings is 1. The third kappa shape index (κ3) is 4.92. The third-order valence-electron chi connectivity index (χ3n) is 4.50. The average Bonchev–Trinajstić information content (AvgIpc) is 3.23. The van der Waals surface area contributed by atoms with Gasteiger partial charge < -0.3 is 14.8 Å². The molecule has 0 saturated carbocycles. The molecule has 162 valence electrons. The van der Waals surface area contributed by atoms with Gasteiger partial charge >= 0.3 is 5.97 Å². The maximum atomic E-state index is 11.7. The van der Waals surface area contributed by atoms with Crippen LogP contribution >= 0.6 is 11.3 Å². The number of hydrogen-bond acceptors (Lipinski definition) is 8. The molecule has 0 aliphatic carbocycles. The number of rotatable bonds is 7. The van der Waals surface area contributed by atoms with Crippen LogP contribution in [0.4, 0.5) is 11.6 Å². The van der Waals surface area contributed by atoms with E-state index in [2.05, 4.69) is 29.1 Å². The molecule has 0 aliphatic heterocycles. The summed E-state index contributed by atoms with van der Waals surface area (Å²) in [6, 6.07) is 18.6. The lowest BCUT2D eigenvalue weighted by molar-refractivity contribution is 0.0594. The molecular weight excluding hydrogens is 424 g/mol. The Morgan fingerprint density at radius 1 is 1.00 bits per heavy atom. The van der Waals surface area contributed by atoms with Crippen LogP contribution in [0.15, 0.2) is 66.9 Å². The number of ether oxygens (including phenoxy) is 2. The minimum absolute atomic E-state index is 0.211. The van der Waals surface area contributed by atoms with Crippen LogP contribution in [0.5, 0.6) is 10.8 Å². The summed E-state index contributed by atoms with van der Waals surface area (Å²) in [4.78, 5) is 25.1. The first kappa shape index (κ1) is 21.5. The number of aromatic nitrogens is 3. The van der Waals surface area contributed by atoms with Crippen LogP contribution in [0, 0.1) is 0 Å². The van der Waals surface area contributed by atoms with Gasteiger partial charge in [0.05, 0.1) is 12.1 Å². The van der Waals surface area contributed by atoms with E-state index in [1.54, 1.807) is 36.5 Å². The van der Waals surface area contributed by atoms with Gasteiger partial charge in [-0.25, -0.2) is 19.7 Å². The lowest BCUT2D eigenvalue weighted by Crippen LogP contribution is -2.06. The summed E-state index contributed by atoms with van der Waals surface area (Å²) < 4.78 is 11.0. The van der Waals surface area contributed by atoms with Crippen LogP contribution in [0.3, 0.4) is 0 Å². The Labute approximate surface area is 190 Å². The maximum absolute atomic E-state index is 11.7. The quantitative estimate of drug-likeness (QED) is 0.346. The van der Waals surface area contributed by atoms with Crippen molar-refractivity contribution in [2.75, 3.05) is 12.4 Å². The molecule has 32 heavy (non-hydrogen) atoms. The normalized spacial score (nSPS) is 10.8. The van der Waals surface area contributed by atoms with Crippen molar-refractivity contribution in [2.45, 2.75) is 19.8 Å². The van der Waals surface area contributed by atoms with Crippen LogP contribution < -0.4 is 10.1 Å². The molecule has 0 fully saturated rings. The predicted octanol–water partition coefficient (Wildman–Crippen LogP) is 6.05. The van der Waals surface area contributed by atoms with Crippen LogP contribution in [0.25, 0.3) is 11.3 Å². The van der Waals surface area contributed by atoms with Crippen molar-refractivity contribution < 1.29 is 14.3 Å². The zero-order chi connectivity index (χ0) is 22.5. The molecule has 3 heterocycles. The molecule has 8 heteroatoms. The average molecular weight is 447 g/mol. The van der Waals surface area contributed by atoms with Crippen LogP contribution in [0.2, 0.25) is 0 Å². The first-order chi connectivity index (χ1) is 15.5. The van der Waals surface area contributed by atoms with E-state index in [9.17, 15) is 4.79 Å². The van der Waals surface area contributed by atoms with Gasteiger partial charge in [-0.2, -0.15) is 0 Å². The highest BCUT2D eigenvalue weighted by Gasteiger charge is 2.17. The Bertz CT molecular complexity index is 1220. The predicted molar refractivity (Wildman–Crippen MR) is 125 cm³/mol. The Kier molecular flexibility index (Phi) is 6.42. The minimum atomic E-state index is -0.502. The molecule has 0 aliphatic rings. The van der Waals surface area contributed by atoms with E-state index in [4.69, 9.17) is 14.5 Å². The Morgan fingerprint density at radius 2 is 1.81 bits per heavy atom. The van der Waals surface area contributed by atoms with Crippen LogP contribution in [-0.4, -0.2) is 28.0 Å². The second-order valence-electron chi connectivity index (χ2n) is 7.21. The van der Waals surface area contributed by atoms with E-state index in [1.165, 1.54) is 18.4 Å². The number of pyridine rings is 2. The molecule has 0 amide bonds. The zero-order valence-corrected chi connectivity index (χ0v) is 18.7. The summed E-state index contributed by atoms with van der Waals surface area (Å²) in [5.74, 6) is 1.41. The number of hydrogen-bond donors (Lipinski definition) is 1. The largest absolute Gasteiger partial charge is 0.464 e. The molecule has 0 radical (unpaired) electrons. The molecule has 0 unspecified atom stereocenters. The molecule has 0 bridgehead atoms. The molecular formula is C24H22N4O3S. The number of thiazole rings is 1. The monoisotopic (exact) mass is 446 g/mol. The lowest BCUT2D eigenvalue weighted by atomic mass is 10.1. The number of esters is 1. The van der Waals surface area contributed by atoms with Crippen molar-refractivity contribution in [3.8, 4) is 22.1 Å². The van der Waals surface area contributed by atoms with Crippen molar-refractivity contribution in [1.29, 1.82) is 0 Å². The smallest absolute Gasteiger partial charge is 0.356 e. The van der Waals surface area contributed by atoms with E-state index in [1.807, 2.05) is 30.3 Å². The molecule has 7 nitrogen and oxygen atoms in total. The van der Waals surface area contributed by atoms with Crippen LogP contribution in [-0.2, 0) is 4.74 Å². The summed E-state index contributed by atoms with van der Waals surface area (Å²) in [6.45, 7) is 4.22. The van der Waals surface area contributed by atoms with Crippen molar-refractivity contribution in [3.63, 3.8) is 0 Å². The van der Waals surface area contributed by atoms with Gasteiger partial charge in [-0.15, -0.1) is 0 Å². The number of carbonyl (C=O) groups excluding carboxylic acids is 1. The summed E-state index contributed by atoms with van der Waals surface area (Å²) in [7, 11) is 1.32. The molecule has 4 aromatic rings. The Hall–Kier alpha value is -3.78. The van der Waals surface area contributed by atoms with Gasteiger partial charge in [0.1, 0.15) is 23.1 Å². The molecule has 0 spiro atoms. The fourth-order valence-corrected chi connectivity index (χ4v) is 3.88. The topological polar surface area (TPSA) is 86.2 Å². The number of nitrogens with zero attached hydrogens (tertiary/aromatic N) is 3. The maximum Gasteiger partial charge on any atom is 0.356 e. The fourth-order valence-electron chi connectivity index (χ4n) is 2.92. The van der Waals surface area contributed by atoms with Gasteiger partial charge in [0.25, 0.3) is 0 Å². The van der Waals surface area contributed by atoms with E-state index >= 15 is 0 Å².